The molecule has 6 heteroatoms. The molecule has 1 atom stereocenters. The Morgan fingerprint density at radius 3 is 2.48 bits per heavy atom. The highest BCUT2D eigenvalue weighted by atomic mass is 16.2. The first kappa shape index (κ1) is 18.0. The van der Waals surface area contributed by atoms with Gasteiger partial charge >= 0.3 is 6.03 Å². The van der Waals surface area contributed by atoms with Crippen molar-refractivity contribution in [1.82, 2.24) is 24.9 Å². The minimum absolute atomic E-state index is 0.0670. The van der Waals surface area contributed by atoms with E-state index >= 15 is 0 Å². The topological polar surface area (TPSA) is 53.4 Å². The van der Waals surface area contributed by atoms with E-state index in [0.29, 0.717) is 6.04 Å². The summed E-state index contributed by atoms with van der Waals surface area (Å²) in [6.45, 7) is 6.44. The minimum Gasteiger partial charge on any atom is -0.335 e. The monoisotopic (exact) mass is 367 g/mol. The highest BCUT2D eigenvalue weighted by molar-refractivity contribution is 5.74. The first-order chi connectivity index (χ1) is 13.2. The molecule has 0 radical (unpaired) electrons. The molecule has 2 heterocycles. The summed E-state index contributed by atoms with van der Waals surface area (Å²) in [5.41, 5.74) is 2.99. The van der Waals surface area contributed by atoms with Crippen LogP contribution in [0.4, 0.5) is 4.79 Å². The van der Waals surface area contributed by atoms with Gasteiger partial charge in [-0.3, -0.25) is 9.58 Å². The molecule has 1 aromatic heterocycles. The van der Waals surface area contributed by atoms with E-state index in [4.69, 9.17) is 0 Å². The van der Waals surface area contributed by atoms with Gasteiger partial charge in [-0.25, -0.2) is 4.79 Å². The molecule has 0 spiro atoms. The molecule has 1 fully saturated rings. The second-order valence-corrected chi connectivity index (χ2v) is 7.76. The van der Waals surface area contributed by atoms with Crippen LogP contribution in [0.25, 0.3) is 0 Å². The number of hydrogen-bond donors (Lipinski definition) is 1. The zero-order chi connectivity index (χ0) is 18.6. The Morgan fingerprint density at radius 2 is 1.85 bits per heavy atom. The van der Waals surface area contributed by atoms with Gasteiger partial charge in [-0.15, -0.1) is 0 Å². The molecule has 144 valence electrons. The Labute approximate surface area is 161 Å². The van der Waals surface area contributed by atoms with Gasteiger partial charge in [-0.1, -0.05) is 24.3 Å². The van der Waals surface area contributed by atoms with Crippen molar-refractivity contribution in [2.45, 2.75) is 44.8 Å². The summed E-state index contributed by atoms with van der Waals surface area (Å²) >= 11 is 0. The molecule has 1 aromatic carbocycles. The number of amides is 2. The Balaban J connectivity index is 1.20. The van der Waals surface area contributed by atoms with E-state index in [1.54, 1.807) is 6.20 Å². The van der Waals surface area contributed by atoms with Crippen LogP contribution in [0.15, 0.2) is 42.7 Å². The highest BCUT2D eigenvalue weighted by Gasteiger charge is 2.30. The Morgan fingerprint density at radius 1 is 1.15 bits per heavy atom. The van der Waals surface area contributed by atoms with Gasteiger partial charge in [0.2, 0.25) is 0 Å². The lowest BCUT2D eigenvalue weighted by atomic mass is 10.1. The van der Waals surface area contributed by atoms with E-state index in [1.807, 2.05) is 21.8 Å². The summed E-state index contributed by atoms with van der Waals surface area (Å²) in [5, 5.41) is 7.34. The van der Waals surface area contributed by atoms with E-state index < -0.39 is 0 Å². The third kappa shape index (κ3) is 4.33. The number of nitrogens with zero attached hydrogens (tertiary/aromatic N) is 4. The molecule has 2 amide bonds. The number of carbonyl (C=O) groups excluding carboxylic acids is 1. The molecule has 1 saturated heterocycles. The van der Waals surface area contributed by atoms with E-state index in [1.165, 1.54) is 11.1 Å². The lowest BCUT2D eigenvalue weighted by molar-refractivity contribution is 0.109. The van der Waals surface area contributed by atoms with Crippen molar-refractivity contribution in [2.75, 3.05) is 26.2 Å². The average Bonchev–Trinajstić information content (AvgIpc) is 3.36. The van der Waals surface area contributed by atoms with Gasteiger partial charge in [0.25, 0.3) is 0 Å². The zero-order valence-electron chi connectivity index (χ0n) is 16.1. The van der Waals surface area contributed by atoms with E-state index in [0.717, 1.165) is 52.0 Å². The zero-order valence-corrected chi connectivity index (χ0v) is 16.1. The second kappa shape index (κ2) is 8.13. The van der Waals surface area contributed by atoms with Crippen LogP contribution in [-0.4, -0.2) is 63.9 Å². The minimum atomic E-state index is 0.0670. The van der Waals surface area contributed by atoms with E-state index in [9.17, 15) is 4.79 Å². The fourth-order valence-electron chi connectivity index (χ4n) is 4.22. The number of piperazine rings is 1. The molecular weight excluding hydrogens is 338 g/mol. The number of benzene rings is 1. The molecule has 0 unspecified atom stereocenters. The number of hydrogen-bond acceptors (Lipinski definition) is 3. The van der Waals surface area contributed by atoms with Gasteiger partial charge in [-0.2, -0.15) is 5.10 Å². The van der Waals surface area contributed by atoms with Crippen molar-refractivity contribution in [3.8, 4) is 0 Å². The normalized spacial score (nSPS) is 19.1. The molecule has 0 bridgehead atoms. The van der Waals surface area contributed by atoms with E-state index in [2.05, 4.69) is 46.5 Å². The first-order valence-electron chi connectivity index (χ1n) is 10.0. The molecule has 6 nitrogen and oxygen atoms in total. The van der Waals surface area contributed by atoms with Crippen LogP contribution in [0.1, 0.15) is 24.5 Å². The molecule has 4 rings (SSSR count). The number of carbonyl (C=O) groups is 1. The second-order valence-electron chi connectivity index (χ2n) is 7.76. The quantitative estimate of drug-likeness (QED) is 0.881. The van der Waals surface area contributed by atoms with Crippen molar-refractivity contribution in [3.05, 3.63) is 53.9 Å². The van der Waals surface area contributed by atoms with E-state index in [-0.39, 0.29) is 12.1 Å². The van der Waals surface area contributed by atoms with Crippen LogP contribution < -0.4 is 5.32 Å². The number of aromatic nitrogens is 2. The average molecular weight is 367 g/mol. The third-order valence-electron chi connectivity index (χ3n) is 5.87. The molecule has 2 aliphatic rings. The molecular formula is C21H29N5O. The number of aryl methyl sites for hydroxylation is 1. The van der Waals surface area contributed by atoms with Crippen molar-refractivity contribution in [3.63, 3.8) is 0 Å². The number of fused-ring (bicyclic) bond motifs is 1. The standard InChI is InChI=1S/C21H29N5O/c1-17(7-10-26-9-4-8-22-26)23-21(27)25-13-11-24(12-14-25)20-15-18-5-2-3-6-19(18)16-20/h2-6,8-9,17,20H,7,10-16H2,1H3,(H,23,27)/t17-/m0/s1. The molecule has 1 aliphatic carbocycles. The van der Waals surface area contributed by atoms with Crippen LogP contribution in [0, 0.1) is 0 Å². The Kier molecular flexibility index (Phi) is 5.43. The van der Waals surface area contributed by atoms with Crippen LogP contribution in [0.2, 0.25) is 0 Å². The summed E-state index contributed by atoms with van der Waals surface area (Å²) in [6, 6.07) is 11.5. The Hall–Kier alpha value is -2.34. The molecule has 0 saturated carbocycles. The number of rotatable bonds is 5. The fraction of sp³-hybridized carbons (Fsp3) is 0.524. The molecule has 2 aromatic rings. The maximum absolute atomic E-state index is 12.6. The maximum atomic E-state index is 12.6. The molecule has 1 N–H and O–H groups in total. The summed E-state index contributed by atoms with van der Waals surface area (Å²) in [4.78, 5) is 17.1. The summed E-state index contributed by atoms with van der Waals surface area (Å²) < 4.78 is 1.90. The van der Waals surface area contributed by atoms with Gasteiger partial charge in [0.15, 0.2) is 0 Å². The smallest absolute Gasteiger partial charge is 0.317 e. The summed E-state index contributed by atoms with van der Waals surface area (Å²) in [6.07, 6.45) is 6.91. The summed E-state index contributed by atoms with van der Waals surface area (Å²) in [5.74, 6) is 0. The van der Waals surface area contributed by atoms with Gasteiger partial charge in [0.05, 0.1) is 0 Å². The van der Waals surface area contributed by atoms with Crippen molar-refractivity contribution >= 4 is 6.03 Å². The number of nitrogens with one attached hydrogen (secondary N) is 1. The van der Waals surface area contributed by atoms with Crippen LogP contribution in [-0.2, 0) is 19.4 Å². The first-order valence-corrected chi connectivity index (χ1v) is 10.0. The molecule has 1 aliphatic heterocycles. The van der Waals surface area contributed by atoms with Gasteiger partial charge in [-0.05, 0) is 43.4 Å². The van der Waals surface area contributed by atoms with Gasteiger partial charge < -0.3 is 10.2 Å². The van der Waals surface area contributed by atoms with Crippen molar-refractivity contribution in [2.24, 2.45) is 0 Å². The molecule has 27 heavy (non-hydrogen) atoms. The highest BCUT2D eigenvalue weighted by Crippen LogP contribution is 2.26. The van der Waals surface area contributed by atoms with Crippen molar-refractivity contribution in [1.29, 1.82) is 0 Å². The predicted octanol–water partition coefficient (Wildman–Crippen LogP) is 2.16. The van der Waals surface area contributed by atoms with Gasteiger partial charge in [0, 0.05) is 57.2 Å². The third-order valence-corrected chi connectivity index (χ3v) is 5.87. The lowest BCUT2D eigenvalue weighted by Gasteiger charge is -2.38. The van der Waals surface area contributed by atoms with Crippen LogP contribution >= 0.6 is 0 Å². The fourth-order valence-corrected chi connectivity index (χ4v) is 4.22. The van der Waals surface area contributed by atoms with Crippen molar-refractivity contribution < 1.29 is 4.79 Å². The van der Waals surface area contributed by atoms with Crippen LogP contribution in [0.3, 0.4) is 0 Å². The lowest BCUT2D eigenvalue weighted by Crippen LogP contribution is -2.55. The SMILES string of the molecule is C[C@@H](CCn1cccn1)NC(=O)N1CCN(C2Cc3ccccc3C2)CC1. The Bertz CT molecular complexity index is 727. The number of urea groups is 1. The van der Waals surface area contributed by atoms with Gasteiger partial charge in [0.1, 0.15) is 0 Å². The maximum Gasteiger partial charge on any atom is 0.317 e. The largest absolute Gasteiger partial charge is 0.335 e. The van der Waals surface area contributed by atoms with Crippen LogP contribution in [0.5, 0.6) is 0 Å². The summed E-state index contributed by atoms with van der Waals surface area (Å²) in [7, 11) is 0. The predicted molar refractivity (Wildman–Crippen MR) is 106 cm³/mol.